The van der Waals surface area contributed by atoms with E-state index >= 15 is 0 Å². The van der Waals surface area contributed by atoms with Crippen molar-refractivity contribution >= 4 is 6.03 Å². The molecule has 2 N–H and O–H groups in total. The lowest BCUT2D eigenvalue weighted by Crippen LogP contribution is -2.37. The van der Waals surface area contributed by atoms with Crippen molar-refractivity contribution in [1.29, 1.82) is 0 Å². The summed E-state index contributed by atoms with van der Waals surface area (Å²) >= 11 is 0. The van der Waals surface area contributed by atoms with Crippen molar-refractivity contribution in [3.8, 4) is 0 Å². The fourth-order valence-corrected chi connectivity index (χ4v) is 2.32. The number of carbonyl (C=O) groups excluding carboxylic acids is 1. The Labute approximate surface area is 126 Å². The molecule has 0 aliphatic heterocycles. The SMILES string of the molecule is Cc1cc(C(C)NC(=O)NCCCOCC2CC2)c(C)o1. The first-order valence-corrected chi connectivity index (χ1v) is 7.75. The number of carbonyl (C=O) groups is 1. The third kappa shape index (κ3) is 5.42. The maximum absolute atomic E-state index is 11.8. The Morgan fingerprint density at radius 1 is 1.48 bits per heavy atom. The minimum Gasteiger partial charge on any atom is -0.466 e. The lowest BCUT2D eigenvalue weighted by Gasteiger charge is -2.14. The van der Waals surface area contributed by atoms with Crippen LogP contribution in [0.2, 0.25) is 0 Å². The number of urea groups is 1. The average Bonchev–Trinajstić information content (AvgIpc) is 3.17. The van der Waals surface area contributed by atoms with Gasteiger partial charge in [0.05, 0.1) is 6.04 Å². The molecule has 0 aromatic carbocycles. The van der Waals surface area contributed by atoms with E-state index in [9.17, 15) is 4.79 Å². The lowest BCUT2D eigenvalue weighted by atomic mass is 10.1. The van der Waals surface area contributed by atoms with Crippen LogP contribution in [0.25, 0.3) is 0 Å². The number of amides is 2. The van der Waals surface area contributed by atoms with E-state index in [1.54, 1.807) is 0 Å². The van der Waals surface area contributed by atoms with Gasteiger partial charge in [0.25, 0.3) is 0 Å². The molecule has 1 saturated carbocycles. The van der Waals surface area contributed by atoms with Crippen LogP contribution in [-0.4, -0.2) is 25.8 Å². The Kier molecular flexibility index (Phi) is 5.67. The number of hydrogen-bond donors (Lipinski definition) is 2. The summed E-state index contributed by atoms with van der Waals surface area (Å²) in [6.07, 6.45) is 3.47. The zero-order chi connectivity index (χ0) is 15.2. The number of furan rings is 1. The van der Waals surface area contributed by atoms with Gasteiger partial charge in [-0.2, -0.15) is 0 Å². The summed E-state index contributed by atoms with van der Waals surface area (Å²) in [6, 6.07) is 1.75. The molecule has 1 fully saturated rings. The van der Waals surface area contributed by atoms with Crippen LogP contribution in [-0.2, 0) is 4.74 Å². The molecular weight excluding hydrogens is 268 g/mol. The van der Waals surface area contributed by atoms with Gasteiger partial charge >= 0.3 is 6.03 Å². The number of aryl methyl sites for hydroxylation is 2. The molecule has 1 heterocycles. The van der Waals surface area contributed by atoms with Crippen LogP contribution in [0.3, 0.4) is 0 Å². The fraction of sp³-hybridized carbons (Fsp3) is 0.688. The average molecular weight is 294 g/mol. The van der Waals surface area contributed by atoms with Gasteiger partial charge in [-0.1, -0.05) is 0 Å². The van der Waals surface area contributed by atoms with Crippen molar-refractivity contribution in [2.75, 3.05) is 19.8 Å². The Morgan fingerprint density at radius 2 is 2.24 bits per heavy atom. The first-order valence-electron chi connectivity index (χ1n) is 7.75. The smallest absolute Gasteiger partial charge is 0.315 e. The van der Waals surface area contributed by atoms with Crippen LogP contribution < -0.4 is 10.6 Å². The van der Waals surface area contributed by atoms with Crippen LogP contribution in [0, 0.1) is 19.8 Å². The molecule has 21 heavy (non-hydrogen) atoms. The number of rotatable bonds is 8. The molecule has 118 valence electrons. The Bertz CT molecular complexity index is 466. The Hall–Kier alpha value is -1.49. The molecule has 2 rings (SSSR count). The summed E-state index contributed by atoms with van der Waals surface area (Å²) < 4.78 is 11.0. The second kappa shape index (κ2) is 7.50. The first-order chi connectivity index (χ1) is 10.1. The molecule has 1 unspecified atom stereocenters. The molecule has 0 radical (unpaired) electrons. The largest absolute Gasteiger partial charge is 0.466 e. The summed E-state index contributed by atoms with van der Waals surface area (Å²) in [5, 5.41) is 5.77. The molecule has 0 saturated heterocycles. The van der Waals surface area contributed by atoms with E-state index in [1.807, 2.05) is 26.8 Å². The van der Waals surface area contributed by atoms with Crippen molar-refractivity contribution in [3.05, 3.63) is 23.2 Å². The molecule has 1 aromatic heterocycles. The quantitative estimate of drug-likeness (QED) is 0.724. The van der Waals surface area contributed by atoms with Crippen LogP contribution in [0.15, 0.2) is 10.5 Å². The number of ether oxygens (including phenoxy) is 1. The molecule has 0 spiro atoms. The molecule has 1 aliphatic rings. The van der Waals surface area contributed by atoms with Gasteiger partial charge in [-0.15, -0.1) is 0 Å². The van der Waals surface area contributed by atoms with Crippen molar-refractivity contribution in [2.45, 2.75) is 46.1 Å². The fourth-order valence-electron chi connectivity index (χ4n) is 2.32. The Balaban J connectivity index is 1.58. The molecular formula is C16H26N2O3. The van der Waals surface area contributed by atoms with Gasteiger partial charge < -0.3 is 19.8 Å². The normalized spacial score (nSPS) is 15.8. The summed E-state index contributed by atoms with van der Waals surface area (Å²) in [7, 11) is 0. The molecule has 1 aromatic rings. The maximum atomic E-state index is 11.8. The number of nitrogens with one attached hydrogen (secondary N) is 2. The second-order valence-electron chi connectivity index (χ2n) is 5.86. The topological polar surface area (TPSA) is 63.5 Å². The van der Waals surface area contributed by atoms with E-state index < -0.39 is 0 Å². The maximum Gasteiger partial charge on any atom is 0.315 e. The van der Waals surface area contributed by atoms with E-state index in [1.165, 1.54) is 12.8 Å². The predicted molar refractivity (Wildman–Crippen MR) is 81.3 cm³/mol. The van der Waals surface area contributed by atoms with Crippen molar-refractivity contribution in [3.63, 3.8) is 0 Å². The van der Waals surface area contributed by atoms with Gasteiger partial charge in [0.1, 0.15) is 11.5 Å². The summed E-state index contributed by atoms with van der Waals surface area (Å²) in [6.45, 7) is 8.00. The van der Waals surface area contributed by atoms with Crippen LogP contribution in [0.1, 0.15) is 49.3 Å². The molecule has 0 bridgehead atoms. The summed E-state index contributed by atoms with van der Waals surface area (Å²) in [5.74, 6) is 2.52. The van der Waals surface area contributed by atoms with E-state index in [0.29, 0.717) is 13.2 Å². The standard InChI is InChI=1S/C16H26N2O3/c1-11-9-15(13(3)21-11)12(2)18-16(19)17-7-4-8-20-10-14-5-6-14/h9,12,14H,4-8,10H2,1-3H3,(H2,17,18,19). The lowest BCUT2D eigenvalue weighted by molar-refractivity contribution is 0.122. The molecule has 1 atom stereocenters. The Morgan fingerprint density at radius 3 is 2.86 bits per heavy atom. The highest BCUT2D eigenvalue weighted by molar-refractivity contribution is 5.74. The van der Waals surface area contributed by atoms with E-state index in [2.05, 4.69) is 10.6 Å². The zero-order valence-corrected chi connectivity index (χ0v) is 13.2. The third-order valence-corrected chi connectivity index (χ3v) is 3.69. The first kappa shape index (κ1) is 15.9. The van der Waals surface area contributed by atoms with Gasteiger partial charge in [0, 0.05) is 25.3 Å². The van der Waals surface area contributed by atoms with Crippen LogP contribution >= 0.6 is 0 Å². The predicted octanol–water partition coefficient (Wildman–Crippen LogP) is 3.07. The zero-order valence-electron chi connectivity index (χ0n) is 13.2. The van der Waals surface area contributed by atoms with Crippen molar-refractivity contribution in [1.82, 2.24) is 10.6 Å². The highest BCUT2D eigenvalue weighted by Gasteiger charge is 2.20. The molecule has 5 heteroatoms. The van der Waals surface area contributed by atoms with Gasteiger partial charge in [0.2, 0.25) is 0 Å². The second-order valence-corrected chi connectivity index (χ2v) is 5.86. The molecule has 1 aliphatic carbocycles. The molecule has 5 nitrogen and oxygen atoms in total. The van der Waals surface area contributed by atoms with Gasteiger partial charge in [-0.05, 0) is 52.0 Å². The highest BCUT2D eigenvalue weighted by Crippen LogP contribution is 2.28. The van der Waals surface area contributed by atoms with E-state index in [0.717, 1.165) is 36.0 Å². The summed E-state index contributed by atoms with van der Waals surface area (Å²) in [5.41, 5.74) is 1.02. The van der Waals surface area contributed by atoms with Crippen molar-refractivity contribution < 1.29 is 13.9 Å². The van der Waals surface area contributed by atoms with E-state index in [-0.39, 0.29) is 12.1 Å². The van der Waals surface area contributed by atoms with Gasteiger partial charge in [-0.3, -0.25) is 0 Å². The van der Waals surface area contributed by atoms with E-state index in [4.69, 9.17) is 9.15 Å². The molecule has 2 amide bonds. The van der Waals surface area contributed by atoms with Gasteiger partial charge in [0.15, 0.2) is 0 Å². The monoisotopic (exact) mass is 294 g/mol. The van der Waals surface area contributed by atoms with Gasteiger partial charge in [-0.25, -0.2) is 4.79 Å². The minimum atomic E-state index is -0.150. The number of hydrogen-bond acceptors (Lipinski definition) is 3. The van der Waals surface area contributed by atoms with Crippen molar-refractivity contribution in [2.24, 2.45) is 5.92 Å². The van der Waals surface area contributed by atoms with Crippen LogP contribution in [0.5, 0.6) is 0 Å². The third-order valence-electron chi connectivity index (χ3n) is 3.69. The highest BCUT2D eigenvalue weighted by atomic mass is 16.5. The minimum absolute atomic E-state index is 0.0615. The van der Waals surface area contributed by atoms with Crippen LogP contribution in [0.4, 0.5) is 4.79 Å². The summed E-state index contributed by atoms with van der Waals surface area (Å²) in [4.78, 5) is 11.8.